The molecular formula is C26H33N7O3. The molecule has 190 valence electrons. The number of carbonyl (C=O) groups is 2. The van der Waals surface area contributed by atoms with Crippen LogP contribution in [0.25, 0.3) is 0 Å². The maximum Gasteiger partial charge on any atom is 0.270 e. The molecule has 0 aliphatic heterocycles. The third-order valence-electron chi connectivity index (χ3n) is 7.24. The number of anilines is 1. The monoisotopic (exact) mass is 491 g/mol. The first-order chi connectivity index (χ1) is 17.3. The van der Waals surface area contributed by atoms with Gasteiger partial charge in [-0.25, -0.2) is 0 Å². The Labute approximate surface area is 209 Å². The zero-order valence-electron chi connectivity index (χ0n) is 20.8. The van der Waals surface area contributed by atoms with Crippen molar-refractivity contribution in [2.24, 2.45) is 17.8 Å². The van der Waals surface area contributed by atoms with Crippen molar-refractivity contribution in [1.82, 2.24) is 29.9 Å². The van der Waals surface area contributed by atoms with Crippen molar-refractivity contribution < 1.29 is 9.59 Å². The fraction of sp³-hybridized carbons (Fsp3) is 0.500. The van der Waals surface area contributed by atoms with Crippen LogP contribution in [-0.2, 0) is 4.79 Å². The van der Waals surface area contributed by atoms with Crippen LogP contribution in [0, 0.1) is 17.8 Å². The summed E-state index contributed by atoms with van der Waals surface area (Å²) in [5.74, 6) is 0.487. The summed E-state index contributed by atoms with van der Waals surface area (Å²) in [5.41, 5.74) is 1.37. The fourth-order valence-corrected chi connectivity index (χ4v) is 5.09. The molecule has 10 nitrogen and oxygen atoms in total. The SMILES string of the molecule is CC(C)n1nccc1C(=O)N[C@H](C(=O)Nc1cnn([C@H](C)c2ccc[nH]c2=O)c1)C(C1CC1)C1CC1. The van der Waals surface area contributed by atoms with E-state index in [0.717, 1.165) is 25.7 Å². The standard InChI is InChI=1S/C26H33N7O3/c1-15(2)33-21(10-12-28-33)25(35)31-23(22(17-6-7-17)18-8-9-18)26(36)30-19-13-29-32(14-19)16(3)20-5-4-11-27-24(20)34/h4-5,10-18,22-23H,6-9H2,1-3H3,(H,27,34)(H,30,36)(H,31,35)/t16-,23+/m1/s1. The van der Waals surface area contributed by atoms with Gasteiger partial charge in [-0.1, -0.05) is 0 Å². The van der Waals surface area contributed by atoms with Crippen LogP contribution in [-0.4, -0.2) is 42.4 Å². The molecule has 0 saturated heterocycles. The highest BCUT2D eigenvalue weighted by molar-refractivity contribution is 6.00. The smallest absolute Gasteiger partial charge is 0.270 e. The van der Waals surface area contributed by atoms with Gasteiger partial charge < -0.3 is 15.6 Å². The van der Waals surface area contributed by atoms with Gasteiger partial charge in [-0.2, -0.15) is 10.2 Å². The van der Waals surface area contributed by atoms with Crippen LogP contribution < -0.4 is 16.2 Å². The highest BCUT2D eigenvalue weighted by Crippen LogP contribution is 2.51. The van der Waals surface area contributed by atoms with Crippen LogP contribution in [0.3, 0.4) is 0 Å². The van der Waals surface area contributed by atoms with Crippen LogP contribution in [0.4, 0.5) is 5.69 Å². The summed E-state index contributed by atoms with van der Waals surface area (Å²) >= 11 is 0. The number of aromatic amines is 1. The zero-order chi connectivity index (χ0) is 25.4. The van der Waals surface area contributed by atoms with Crippen molar-refractivity contribution >= 4 is 17.5 Å². The topological polar surface area (TPSA) is 127 Å². The molecule has 2 aliphatic carbocycles. The highest BCUT2D eigenvalue weighted by Gasteiger charge is 2.48. The minimum Gasteiger partial charge on any atom is -0.339 e. The maximum absolute atomic E-state index is 13.6. The van der Waals surface area contributed by atoms with Gasteiger partial charge in [0.15, 0.2) is 0 Å². The molecule has 2 aliphatic rings. The summed E-state index contributed by atoms with van der Waals surface area (Å²) in [4.78, 5) is 41.7. The number of hydrogen-bond donors (Lipinski definition) is 3. The van der Waals surface area contributed by atoms with Gasteiger partial charge in [0.1, 0.15) is 11.7 Å². The number of rotatable bonds is 10. The van der Waals surface area contributed by atoms with E-state index < -0.39 is 6.04 Å². The van der Waals surface area contributed by atoms with Gasteiger partial charge in [0.2, 0.25) is 5.91 Å². The van der Waals surface area contributed by atoms with E-state index in [9.17, 15) is 14.4 Å². The van der Waals surface area contributed by atoms with Gasteiger partial charge in [0.25, 0.3) is 11.5 Å². The van der Waals surface area contributed by atoms with E-state index in [1.807, 2.05) is 20.8 Å². The second kappa shape index (κ2) is 9.75. The van der Waals surface area contributed by atoms with Crippen molar-refractivity contribution in [2.75, 3.05) is 5.32 Å². The lowest BCUT2D eigenvalue weighted by Gasteiger charge is -2.27. The predicted octanol–water partition coefficient (Wildman–Crippen LogP) is 3.13. The second-order valence-electron chi connectivity index (χ2n) is 10.3. The molecule has 2 amide bonds. The Morgan fingerprint density at radius 1 is 1.08 bits per heavy atom. The van der Waals surface area contributed by atoms with Crippen molar-refractivity contribution in [1.29, 1.82) is 0 Å². The Morgan fingerprint density at radius 3 is 2.44 bits per heavy atom. The molecule has 36 heavy (non-hydrogen) atoms. The predicted molar refractivity (Wildman–Crippen MR) is 135 cm³/mol. The molecule has 3 heterocycles. The first-order valence-electron chi connectivity index (χ1n) is 12.7. The number of pyridine rings is 1. The van der Waals surface area contributed by atoms with Gasteiger partial charge >= 0.3 is 0 Å². The largest absolute Gasteiger partial charge is 0.339 e. The van der Waals surface area contributed by atoms with E-state index in [0.29, 0.717) is 28.8 Å². The number of aromatic nitrogens is 5. The lowest BCUT2D eigenvalue weighted by Crippen LogP contribution is -2.50. The van der Waals surface area contributed by atoms with E-state index in [4.69, 9.17) is 0 Å². The molecule has 0 radical (unpaired) electrons. The molecule has 10 heteroatoms. The number of amides is 2. The van der Waals surface area contributed by atoms with Gasteiger partial charge in [-0.3, -0.25) is 23.7 Å². The number of carbonyl (C=O) groups excluding carboxylic acids is 2. The van der Waals surface area contributed by atoms with Crippen molar-refractivity contribution in [2.45, 2.75) is 64.6 Å². The Hall–Kier alpha value is -3.69. The van der Waals surface area contributed by atoms with E-state index in [1.54, 1.807) is 52.4 Å². The minimum atomic E-state index is -0.647. The van der Waals surface area contributed by atoms with E-state index in [-0.39, 0.29) is 35.4 Å². The van der Waals surface area contributed by atoms with E-state index in [2.05, 4.69) is 25.8 Å². The van der Waals surface area contributed by atoms with Crippen molar-refractivity contribution in [3.63, 3.8) is 0 Å². The van der Waals surface area contributed by atoms with Crippen LogP contribution in [0.1, 0.15) is 74.6 Å². The Bertz CT molecular complexity index is 1290. The molecule has 5 rings (SSSR count). The zero-order valence-corrected chi connectivity index (χ0v) is 20.8. The fourth-order valence-electron chi connectivity index (χ4n) is 5.09. The van der Waals surface area contributed by atoms with Crippen LogP contribution in [0.5, 0.6) is 0 Å². The van der Waals surface area contributed by atoms with Gasteiger partial charge in [-0.05, 0) is 82.4 Å². The van der Waals surface area contributed by atoms with Crippen LogP contribution in [0.15, 0.2) is 47.8 Å². The molecule has 2 atom stereocenters. The molecule has 3 aromatic heterocycles. The number of H-pyrrole nitrogens is 1. The Morgan fingerprint density at radius 2 is 1.81 bits per heavy atom. The average molecular weight is 492 g/mol. The van der Waals surface area contributed by atoms with Crippen molar-refractivity contribution in [3.8, 4) is 0 Å². The number of nitrogens with one attached hydrogen (secondary N) is 3. The molecular weight excluding hydrogens is 458 g/mol. The third kappa shape index (κ3) is 4.98. The molecule has 2 fully saturated rings. The summed E-state index contributed by atoms with van der Waals surface area (Å²) in [5, 5.41) is 14.7. The Balaban J connectivity index is 1.35. The summed E-state index contributed by atoms with van der Waals surface area (Å²) in [6.45, 7) is 5.81. The molecule has 0 spiro atoms. The quantitative estimate of drug-likeness (QED) is 0.402. The average Bonchev–Trinajstić information content (AvgIpc) is 3.77. The number of hydrogen-bond acceptors (Lipinski definition) is 5. The first kappa shape index (κ1) is 24.0. The molecule has 3 N–H and O–H groups in total. The highest BCUT2D eigenvalue weighted by atomic mass is 16.2. The molecule has 0 aromatic carbocycles. The van der Waals surface area contributed by atoms with Crippen molar-refractivity contribution in [3.05, 3.63) is 64.6 Å². The lowest BCUT2D eigenvalue weighted by molar-refractivity contribution is -0.119. The molecule has 3 aromatic rings. The minimum absolute atomic E-state index is 0.0281. The van der Waals surface area contributed by atoms with Gasteiger partial charge in [-0.15, -0.1) is 0 Å². The summed E-state index contributed by atoms with van der Waals surface area (Å²) < 4.78 is 3.32. The summed E-state index contributed by atoms with van der Waals surface area (Å²) in [7, 11) is 0. The van der Waals surface area contributed by atoms with E-state index in [1.165, 1.54) is 0 Å². The van der Waals surface area contributed by atoms with E-state index >= 15 is 0 Å². The number of nitrogens with zero attached hydrogens (tertiary/aromatic N) is 4. The van der Waals surface area contributed by atoms with Gasteiger partial charge in [0.05, 0.1) is 17.9 Å². The Kier molecular flexibility index (Phi) is 6.51. The third-order valence-corrected chi connectivity index (χ3v) is 7.24. The first-order valence-corrected chi connectivity index (χ1v) is 12.7. The summed E-state index contributed by atoms with van der Waals surface area (Å²) in [6, 6.07) is 4.29. The second-order valence-corrected chi connectivity index (χ2v) is 10.3. The lowest BCUT2D eigenvalue weighted by atomic mass is 9.88. The van der Waals surface area contributed by atoms with Crippen LogP contribution in [0.2, 0.25) is 0 Å². The van der Waals surface area contributed by atoms with Crippen LogP contribution >= 0.6 is 0 Å². The molecule has 2 saturated carbocycles. The van der Waals surface area contributed by atoms with Gasteiger partial charge in [0, 0.05) is 30.2 Å². The summed E-state index contributed by atoms with van der Waals surface area (Å²) in [6.07, 6.45) is 10.8. The maximum atomic E-state index is 13.6. The normalized spacial score (nSPS) is 17.2. The molecule has 0 unspecified atom stereocenters. The molecule has 0 bridgehead atoms.